The van der Waals surface area contributed by atoms with Crippen LogP contribution < -0.4 is 10.8 Å². The molecule has 0 aliphatic rings. The first-order valence-corrected chi connectivity index (χ1v) is 10.2. The summed E-state index contributed by atoms with van der Waals surface area (Å²) in [7, 11) is -4.01. The number of nitrogens with one attached hydrogen (secondary N) is 4. The lowest BCUT2D eigenvalue weighted by Crippen LogP contribution is -2.32. The molecular formula is C20H24N4O3S. The predicted octanol–water partition coefficient (Wildman–Crippen LogP) is 4.03. The molecule has 3 rings (SSSR count). The molecule has 0 amide bonds. The van der Waals surface area contributed by atoms with Crippen LogP contribution in [0.5, 0.6) is 0 Å². The van der Waals surface area contributed by atoms with E-state index in [0.29, 0.717) is 5.69 Å². The molecule has 0 saturated carbocycles. The van der Waals surface area contributed by atoms with Gasteiger partial charge in [-0.1, -0.05) is 38.5 Å². The van der Waals surface area contributed by atoms with Gasteiger partial charge in [-0.15, -0.1) is 4.28 Å². The highest BCUT2D eigenvalue weighted by Gasteiger charge is 2.17. The fraction of sp³-hybridized carbons (Fsp3) is 0.250. The molecule has 1 aromatic heterocycles. The van der Waals surface area contributed by atoms with E-state index >= 15 is 0 Å². The number of rotatable bonds is 4. The Bertz CT molecular complexity index is 1110. The first-order chi connectivity index (χ1) is 13.0. The molecule has 0 saturated heterocycles. The van der Waals surface area contributed by atoms with E-state index in [0.717, 1.165) is 22.2 Å². The lowest BCUT2D eigenvalue weighted by atomic mass is 9.92. The number of H-pyrrole nitrogens is 1. The average molecular weight is 401 g/mol. The number of fused-ring (bicyclic) bond motifs is 1. The van der Waals surface area contributed by atoms with Gasteiger partial charge in [-0.3, -0.25) is 5.41 Å². The lowest BCUT2D eigenvalue weighted by molar-refractivity contribution is 0.266. The van der Waals surface area contributed by atoms with Crippen LogP contribution in [0, 0.1) is 12.3 Å². The van der Waals surface area contributed by atoms with Gasteiger partial charge in [0.05, 0.1) is 4.90 Å². The summed E-state index contributed by atoms with van der Waals surface area (Å²) in [4.78, 5) is 3.40. The first-order valence-electron chi connectivity index (χ1n) is 8.79. The molecule has 0 atom stereocenters. The monoisotopic (exact) mass is 400 g/mol. The van der Waals surface area contributed by atoms with Crippen molar-refractivity contribution < 1.29 is 12.7 Å². The summed E-state index contributed by atoms with van der Waals surface area (Å²) < 4.78 is 29.1. The van der Waals surface area contributed by atoms with Crippen LogP contribution in [0.3, 0.4) is 0 Å². The highest BCUT2D eigenvalue weighted by Crippen LogP contribution is 2.27. The molecule has 2 aromatic carbocycles. The smallest absolute Gasteiger partial charge is 0.317 e. The third kappa shape index (κ3) is 4.52. The zero-order valence-electron chi connectivity index (χ0n) is 16.3. The van der Waals surface area contributed by atoms with Gasteiger partial charge in [-0.25, -0.2) is 5.48 Å². The molecule has 8 heteroatoms. The molecule has 1 heterocycles. The maximum absolute atomic E-state index is 12.2. The van der Waals surface area contributed by atoms with E-state index in [1.54, 1.807) is 18.2 Å². The molecule has 0 aliphatic heterocycles. The SMILES string of the molecule is Cc1ccc(S(=O)(=O)ONC(=N)Nc2ccc3[nH]c(C(C)(C)C)cc3c2)cc1. The fourth-order valence-electron chi connectivity index (χ4n) is 2.63. The van der Waals surface area contributed by atoms with Crippen LogP contribution in [0.1, 0.15) is 32.0 Å². The summed E-state index contributed by atoms with van der Waals surface area (Å²) in [6.45, 7) is 8.24. The van der Waals surface area contributed by atoms with Crippen LogP contribution in [-0.4, -0.2) is 19.4 Å². The quantitative estimate of drug-likeness (QED) is 0.300. The molecule has 148 valence electrons. The molecular weight excluding hydrogens is 376 g/mol. The largest absolute Gasteiger partial charge is 0.358 e. The minimum absolute atomic E-state index is 0.000939. The van der Waals surface area contributed by atoms with Crippen molar-refractivity contribution >= 4 is 32.7 Å². The average Bonchev–Trinajstić information content (AvgIpc) is 3.04. The second-order valence-electron chi connectivity index (χ2n) is 7.69. The number of aryl methyl sites for hydroxylation is 1. The van der Waals surface area contributed by atoms with Crippen molar-refractivity contribution in [3.8, 4) is 0 Å². The number of aromatic nitrogens is 1. The Morgan fingerprint density at radius 2 is 1.75 bits per heavy atom. The van der Waals surface area contributed by atoms with Gasteiger partial charge in [0.1, 0.15) is 0 Å². The van der Waals surface area contributed by atoms with E-state index in [1.165, 1.54) is 12.1 Å². The van der Waals surface area contributed by atoms with Crippen molar-refractivity contribution in [3.63, 3.8) is 0 Å². The molecule has 0 aliphatic carbocycles. The lowest BCUT2D eigenvalue weighted by Gasteiger charge is -2.15. The molecule has 7 nitrogen and oxygen atoms in total. The summed E-state index contributed by atoms with van der Waals surface area (Å²) in [6, 6.07) is 13.9. The number of benzene rings is 2. The Balaban J connectivity index is 1.66. The predicted molar refractivity (Wildman–Crippen MR) is 111 cm³/mol. The van der Waals surface area contributed by atoms with Crippen molar-refractivity contribution in [3.05, 3.63) is 59.8 Å². The van der Waals surface area contributed by atoms with Crippen molar-refractivity contribution in [2.24, 2.45) is 0 Å². The number of guanidine groups is 1. The second kappa shape index (κ2) is 7.29. The molecule has 28 heavy (non-hydrogen) atoms. The van der Waals surface area contributed by atoms with Crippen LogP contribution in [0.15, 0.2) is 53.4 Å². The summed E-state index contributed by atoms with van der Waals surface area (Å²) in [5.41, 5.74) is 5.82. The Morgan fingerprint density at radius 1 is 1.07 bits per heavy atom. The summed E-state index contributed by atoms with van der Waals surface area (Å²) in [5.74, 6) is -0.290. The molecule has 0 bridgehead atoms. The zero-order valence-corrected chi connectivity index (χ0v) is 17.1. The van der Waals surface area contributed by atoms with E-state index in [9.17, 15) is 8.42 Å². The minimum Gasteiger partial charge on any atom is -0.358 e. The third-order valence-corrected chi connectivity index (χ3v) is 5.41. The standard InChI is InChI=1S/C20H24N4O3S/c1-13-5-8-16(9-6-13)28(25,26)27-24-19(21)22-15-7-10-17-14(11-15)12-18(23-17)20(2,3)4/h5-12,23H,1-4H3,(H3,21,22,24). The van der Waals surface area contributed by atoms with Crippen LogP contribution in [-0.2, 0) is 19.8 Å². The van der Waals surface area contributed by atoms with E-state index in [2.05, 4.69) is 42.6 Å². The highest BCUT2D eigenvalue weighted by atomic mass is 32.2. The van der Waals surface area contributed by atoms with Crippen molar-refractivity contribution in [1.82, 2.24) is 10.5 Å². The first kappa shape index (κ1) is 19.9. The zero-order chi connectivity index (χ0) is 20.5. The Hall–Kier alpha value is -2.84. The van der Waals surface area contributed by atoms with Gasteiger partial charge in [0.2, 0.25) is 5.96 Å². The normalized spacial score (nSPS) is 12.1. The van der Waals surface area contributed by atoms with Gasteiger partial charge >= 0.3 is 10.1 Å². The van der Waals surface area contributed by atoms with Gasteiger partial charge in [-0.2, -0.15) is 8.42 Å². The number of hydrogen-bond donors (Lipinski definition) is 4. The van der Waals surface area contributed by atoms with Gasteiger partial charge in [0.15, 0.2) is 0 Å². The summed E-state index contributed by atoms with van der Waals surface area (Å²) >= 11 is 0. The van der Waals surface area contributed by atoms with E-state index in [-0.39, 0.29) is 16.3 Å². The highest BCUT2D eigenvalue weighted by molar-refractivity contribution is 7.86. The van der Waals surface area contributed by atoms with Crippen molar-refractivity contribution in [2.45, 2.75) is 38.0 Å². The van der Waals surface area contributed by atoms with Crippen LogP contribution in [0.25, 0.3) is 10.9 Å². The van der Waals surface area contributed by atoms with Gasteiger partial charge in [0.25, 0.3) is 0 Å². The molecule has 0 fully saturated rings. The topological polar surface area (TPSA) is 107 Å². The maximum Gasteiger partial charge on any atom is 0.317 e. The Kier molecular flexibility index (Phi) is 5.18. The van der Waals surface area contributed by atoms with Gasteiger partial charge in [-0.05, 0) is 43.3 Å². The van der Waals surface area contributed by atoms with Gasteiger partial charge < -0.3 is 10.3 Å². The van der Waals surface area contributed by atoms with E-state index < -0.39 is 10.1 Å². The van der Waals surface area contributed by atoms with Crippen molar-refractivity contribution in [2.75, 3.05) is 5.32 Å². The van der Waals surface area contributed by atoms with Crippen LogP contribution in [0.2, 0.25) is 0 Å². The number of aromatic amines is 1. The summed E-state index contributed by atoms with van der Waals surface area (Å²) in [6.07, 6.45) is 0. The van der Waals surface area contributed by atoms with E-state index in [4.69, 9.17) is 9.69 Å². The molecule has 4 N–H and O–H groups in total. The molecule has 3 aromatic rings. The number of hydroxylamine groups is 1. The van der Waals surface area contributed by atoms with Crippen molar-refractivity contribution in [1.29, 1.82) is 5.41 Å². The Morgan fingerprint density at radius 3 is 2.39 bits per heavy atom. The fourth-order valence-corrected chi connectivity index (χ4v) is 3.39. The third-order valence-electron chi connectivity index (χ3n) is 4.26. The summed E-state index contributed by atoms with van der Waals surface area (Å²) in [5, 5.41) is 11.7. The minimum atomic E-state index is -4.01. The molecule has 0 spiro atoms. The van der Waals surface area contributed by atoms with Crippen LogP contribution in [0.4, 0.5) is 5.69 Å². The second-order valence-corrected chi connectivity index (χ2v) is 9.23. The van der Waals surface area contributed by atoms with E-state index in [1.807, 2.05) is 19.1 Å². The molecule has 0 radical (unpaired) electrons. The van der Waals surface area contributed by atoms with Crippen LogP contribution >= 0.6 is 0 Å². The Labute approximate surface area is 164 Å². The number of hydrogen-bond acceptors (Lipinski definition) is 4. The van der Waals surface area contributed by atoms with Gasteiger partial charge in [0, 0.05) is 27.7 Å². The number of anilines is 1. The maximum atomic E-state index is 12.2. The molecule has 0 unspecified atom stereocenters.